The monoisotopic (exact) mass is 489 g/mol. The van der Waals surface area contributed by atoms with Crippen LogP contribution in [-0.2, 0) is 6.54 Å². The Balaban J connectivity index is 1.27. The highest BCUT2D eigenvalue weighted by atomic mass is 19.1. The molecule has 1 fully saturated rings. The van der Waals surface area contributed by atoms with Crippen molar-refractivity contribution in [3.8, 4) is 33.6 Å². The first-order valence-electron chi connectivity index (χ1n) is 12.5. The third-order valence-corrected chi connectivity index (χ3v) is 7.10. The molecule has 6 aromatic rings. The minimum atomic E-state index is -0.257. The van der Waals surface area contributed by atoms with Crippen molar-refractivity contribution in [3.63, 3.8) is 0 Å². The van der Waals surface area contributed by atoms with Gasteiger partial charge in [-0.15, -0.1) is 0 Å². The van der Waals surface area contributed by atoms with Crippen molar-refractivity contribution in [1.29, 1.82) is 0 Å². The minimum absolute atomic E-state index is 0.257. The number of benzene rings is 1. The molecule has 0 radical (unpaired) electrons. The molecule has 6 heterocycles. The Hall–Kier alpha value is -4.43. The van der Waals surface area contributed by atoms with E-state index in [9.17, 15) is 4.39 Å². The van der Waals surface area contributed by atoms with E-state index in [1.54, 1.807) is 18.3 Å². The van der Waals surface area contributed by atoms with Crippen molar-refractivity contribution < 1.29 is 4.39 Å². The Kier molecular flexibility index (Phi) is 5.25. The topological polar surface area (TPSA) is 86.4 Å². The van der Waals surface area contributed by atoms with Gasteiger partial charge in [-0.05, 0) is 79.0 Å². The van der Waals surface area contributed by atoms with E-state index in [-0.39, 0.29) is 5.82 Å². The summed E-state index contributed by atoms with van der Waals surface area (Å²) in [6.45, 7) is 3.22. The Labute approximate surface area is 212 Å². The number of pyridine rings is 3. The number of hydrogen-bond acceptors (Lipinski definition) is 5. The molecule has 8 heteroatoms. The first-order chi connectivity index (χ1) is 18.2. The van der Waals surface area contributed by atoms with Gasteiger partial charge in [0.15, 0.2) is 5.65 Å². The standard InChI is InChI=1S/C29H24FN7/c30-22-5-3-19(4-6-22)23-7-8-32-28-24(23)13-26(34-28)27-25-12-21(16-33-29(25)36-35-27)20-11-18(14-31-15-20)17-37-9-1-2-10-37/h3-8,11-16H,1-2,9-10,17H2,(H,32,34)(H,33,35,36). The minimum Gasteiger partial charge on any atom is -0.338 e. The third kappa shape index (κ3) is 4.05. The van der Waals surface area contributed by atoms with Crippen LogP contribution in [0.15, 0.2) is 73.3 Å². The van der Waals surface area contributed by atoms with Gasteiger partial charge in [-0.3, -0.25) is 15.0 Å². The zero-order chi connectivity index (χ0) is 24.8. The van der Waals surface area contributed by atoms with Crippen molar-refractivity contribution in [2.45, 2.75) is 19.4 Å². The van der Waals surface area contributed by atoms with Crippen LogP contribution in [-0.4, -0.2) is 48.1 Å². The molecule has 0 spiro atoms. The van der Waals surface area contributed by atoms with Crippen molar-refractivity contribution in [3.05, 3.63) is 84.7 Å². The van der Waals surface area contributed by atoms with Crippen LogP contribution in [0, 0.1) is 5.82 Å². The molecular formula is C29H24FN7. The van der Waals surface area contributed by atoms with E-state index in [2.05, 4.69) is 53.2 Å². The van der Waals surface area contributed by atoms with Crippen molar-refractivity contribution >= 4 is 22.1 Å². The molecule has 1 aliphatic rings. The first kappa shape index (κ1) is 21.8. The van der Waals surface area contributed by atoms with Crippen LogP contribution >= 0.6 is 0 Å². The van der Waals surface area contributed by atoms with E-state index in [1.807, 2.05) is 24.7 Å². The molecule has 1 aliphatic heterocycles. The molecule has 0 saturated carbocycles. The van der Waals surface area contributed by atoms with Crippen LogP contribution in [0.25, 0.3) is 55.7 Å². The summed E-state index contributed by atoms with van der Waals surface area (Å²) in [6, 6.07) is 14.8. The Morgan fingerprint density at radius 1 is 0.838 bits per heavy atom. The predicted octanol–water partition coefficient (Wildman–Crippen LogP) is 5.97. The number of halogens is 1. The van der Waals surface area contributed by atoms with E-state index in [0.717, 1.165) is 69.7 Å². The average molecular weight is 490 g/mol. The molecule has 0 aliphatic carbocycles. The fourth-order valence-corrected chi connectivity index (χ4v) is 5.24. The molecule has 0 atom stereocenters. The highest BCUT2D eigenvalue weighted by Gasteiger charge is 2.16. The molecule has 37 heavy (non-hydrogen) atoms. The number of likely N-dealkylation sites (tertiary alicyclic amines) is 1. The summed E-state index contributed by atoms with van der Waals surface area (Å²) in [5, 5.41) is 9.46. The normalized spacial score (nSPS) is 14.2. The predicted molar refractivity (Wildman–Crippen MR) is 142 cm³/mol. The van der Waals surface area contributed by atoms with Gasteiger partial charge in [0, 0.05) is 53.2 Å². The fraction of sp³-hybridized carbons (Fsp3) is 0.172. The molecule has 0 amide bonds. The second-order valence-corrected chi connectivity index (χ2v) is 9.57. The molecule has 5 aromatic heterocycles. The van der Waals surface area contributed by atoms with Crippen molar-refractivity contribution in [2.75, 3.05) is 13.1 Å². The van der Waals surface area contributed by atoms with E-state index in [1.165, 1.54) is 30.5 Å². The summed E-state index contributed by atoms with van der Waals surface area (Å²) in [5.41, 5.74) is 8.25. The number of aromatic nitrogens is 6. The molecular weight excluding hydrogens is 465 g/mol. The molecule has 182 valence electrons. The van der Waals surface area contributed by atoms with Gasteiger partial charge in [-0.1, -0.05) is 12.1 Å². The SMILES string of the molecule is Fc1ccc(-c2ccnc3[nH]c(-c4[nH]nc5ncc(-c6cncc(CN7CCCC7)c6)cc45)cc23)cc1. The third-order valence-electron chi connectivity index (χ3n) is 7.10. The Morgan fingerprint density at radius 2 is 1.68 bits per heavy atom. The molecule has 1 saturated heterocycles. The van der Waals surface area contributed by atoms with Crippen LogP contribution in [0.3, 0.4) is 0 Å². The van der Waals surface area contributed by atoms with Gasteiger partial charge in [0.1, 0.15) is 11.5 Å². The summed E-state index contributed by atoms with van der Waals surface area (Å²) >= 11 is 0. The zero-order valence-electron chi connectivity index (χ0n) is 20.1. The lowest BCUT2D eigenvalue weighted by Gasteiger charge is -2.14. The maximum absolute atomic E-state index is 13.5. The van der Waals surface area contributed by atoms with Gasteiger partial charge in [0.25, 0.3) is 0 Å². The fourth-order valence-electron chi connectivity index (χ4n) is 5.24. The largest absolute Gasteiger partial charge is 0.338 e. The number of H-pyrrole nitrogens is 2. The first-order valence-corrected chi connectivity index (χ1v) is 12.5. The van der Waals surface area contributed by atoms with Crippen molar-refractivity contribution in [2.24, 2.45) is 0 Å². The quantitative estimate of drug-likeness (QED) is 0.312. The number of aromatic amines is 2. The number of nitrogens with one attached hydrogen (secondary N) is 2. The van der Waals surface area contributed by atoms with Gasteiger partial charge in [-0.25, -0.2) is 14.4 Å². The summed E-state index contributed by atoms with van der Waals surface area (Å²) in [7, 11) is 0. The summed E-state index contributed by atoms with van der Waals surface area (Å²) in [6.07, 6.45) is 9.99. The van der Waals surface area contributed by atoms with E-state index in [0.29, 0.717) is 5.65 Å². The second-order valence-electron chi connectivity index (χ2n) is 9.57. The maximum atomic E-state index is 13.5. The number of rotatable bonds is 5. The Morgan fingerprint density at radius 3 is 2.54 bits per heavy atom. The lowest BCUT2D eigenvalue weighted by atomic mass is 10.0. The highest BCUT2D eigenvalue weighted by molar-refractivity contribution is 5.99. The Bertz CT molecular complexity index is 1730. The number of fused-ring (bicyclic) bond motifs is 2. The summed E-state index contributed by atoms with van der Waals surface area (Å²) in [4.78, 5) is 19.5. The molecule has 2 N–H and O–H groups in total. The van der Waals surface area contributed by atoms with Crippen LogP contribution in [0.2, 0.25) is 0 Å². The van der Waals surface area contributed by atoms with Crippen LogP contribution < -0.4 is 0 Å². The van der Waals surface area contributed by atoms with Gasteiger partial charge < -0.3 is 4.98 Å². The summed E-state index contributed by atoms with van der Waals surface area (Å²) in [5.74, 6) is -0.257. The average Bonchev–Trinajstić information content (AvgIpc) is 3.68. The summed E-state index contributed by atoms with van der Waals surface area (Å²) < 4.78 is 13.5. The van der Waals surface area contributed by atoms with Crippen LogP contribution in [0.5, 0.6) is 0 Å². The van der Waals surface area contributed by atoms with Gasteiger partial charge in [0.2, 0.25) is 0 Å². The maximum Gasteiger partial charge on any atom is 0.181 e. The lowest BCUT2D eigenvalue weighted by molar-refractivity contribution is 0.331. The van der Waals surface area contributed by atoms with Crippen LogP contribution in [0.4, 0.5) is 4.39 Å². The van der Waals surface area contributed by atoms with E-state index < -0.39 is 0 Å². The molecule has 7 rings (SSSR count). The smallest absolute Gasteiger partial charge is 0.181 e. The van der Waals surface area contributed by atoms with E-state index >= 15 is 0 Å². The molecule has 0 unspecified atom stereocenters. The van der Waals surface area contributed by atoms with Gasteiger partial charge in [0.05, 0.1) is 11.4 Å². The molecule has 0 bridgehead atoms. The zero-order valence-corrected chi connectivity index (χ0v) is 20.1. The van der Waals surface area contributed by atoms with Crippen molar-refractivity contribution in [1.82, 2.24) is 35.0 Å². The van der Waals surface area contributed by atoms with Gasteiger partial charge in [-0.2, -0.15) is 5.10 Å². The molecule has 7 nitrogen and oxygen atoms in total. The lowest BCUT2D eigenvalue weighted by Crippen LogP contribution is -2.18. The number of nitrogens with zero attached hydrogens (tertiary/aromatic N) is 5. The number of hydrogen-bond donors (Lipinski definition) is 2. The molecule has 1 aromatic carbocycles. The van der Waals surface area contributed by atoms with Crippen LogP contribution in [0.1, 0.15) is 18.4 Å². The second kappa shape index (κ2) is 8.90. The highest BCUT2D eigenvalue weighted by Crippen LogP contribution is 2.34. The van der Waals surface area contributed by atoms with E-state index in [4.69, 9.17) is 0 Å². The van der Waals surface area contributed by atoms with Gasteiger partial charge >= 0.3 is 0 Å².